The number of aliphatic hydroxyl groups is 1. The Morgan fingerprint density at radius 2 is 1.26 bits per heavy atom. The summed E-state index contributed by atoms with van der Waals surface area (Å²) in [5.41, 5.74) is 5.34. The summed E-state index contributed by atoms with van der Waals surface area (Å²) < 4.78 is 22.0. The van der Waals surface area contributed by atoms with Gasteiger partial charge >= 0.3 is 7.82 Å². The average Bonchev–Trinajstić information content (AvgIpc) is 3.05. The van der Waals surface area contributed by atoms with E-state index in [9.17, 15) is 19.4 Å². The van der Waals surface area contributed by atoms with Crippen LogP contribution in [0, 0.1) is 0 Å². The Labute approximate surface area is 287 Å². The number of rotatable bonds is 32. The molecule has 0 fully saturated rings. The van der Waals surface area contributed by atoms with Crippen LogP contribution in [0.15, 0.2) is 72.9 Å². The Bertz CT molecular complexity index is 960. The van der Waals surface area contributed by atoms with E-state index in [0.29, 0.717) is 6.42 Å². The fourth-order valence-electron chi connectivity index (χ4n) is 4.55. The van der Waals surface area contributed by atoms with Crippen molar-refractivity contribution in [3.05, 3.63) is 72.9 Å². The highest BCUT2D eigenvalue weighted by Gasteiger charge is 2.26. The highest BCUT2D eigenvalue weighted by Crippen LogP contribution is 2.43. The smallest absolute Gasteiger partial charge is 0.387 e. The molecule has 0 radical (unpaired) electrons. The molecule has 0 bridgehead atoms. The molecule has 0 aliphatic heterocycles. The summed E-state index contributed by atoms with van der Waals surface area (Å²) in [5.74, 6) is -0.250. The molecule has 9 heteroatoms. The molecule has 0 aromatic rings. The molecule has 5 N–H and O–H groups in total. The van der Waals surface area contributed by atoms with Gasteiger partial charge in [-0.1, -0.05) is 125 Å². The van der Waals surface area contributed by atoms with Gasteiger partial charge in [-0.2, -0.15) is 0 Å². The monoisotopic (exact) mass is 678 g/mol. The van der Waals surface area contributed by atoms with Crippen LogP contribution in [0.1, 0.15) is 129 Å². The number of amides is 1. The Balaban J connectivity index is 4.51. The van der Waals surface area contributed by atoms with Crippen LogP contribution >= 0.6 is 7.82 Å². The van der Waals surface area contributed by atoms with Crippen LogP contribution in [-0.4, -0.2) is 47.8 Å². The number of unbranched alkanes of at least 4 members (excludes halogenated alkanes) is 10. The molecule has 0 spiro atoms. The van der Waals surface area contributed by atoms with E-state index in [4.69, 9.17) is 14.8 Å². The van der Waals surface area contributed by atoms with Gasteiger partial charge in [-0.05, 0) is 70.6 Å². The number of phosphoric acid groups is 1. The van der Waals surface area contributed by atoms with Gasteiger partial charge in [0.1, 0.15) is 0 Å². The van der Waals surface area contributed by atoms with Gasteiger partial charge in [-0.15, -0.1) is 0 Å². The lowest BCUT2D eigenvalue weighted by Crippen LogP contribution is -2.45. The van der Waals surface area contributed by atoms with E-state index < -0.39 is 20.0 Å². The van der Waals surface area contributed by atoms with Crippen LogP contribution in [0.3, 0.4) is 0 Å². The first-order chi connectivity index (χ1) is 22.9. The van der Waals surface area contributed by atoms with Crippen molar-refractivity contribution in [2.24, 2.45) is 5.73 Å². The summed E-state index contributed by atoms with van der Waals surface area (Å²) in [7, 11) is -4.35. The molecule has 3 atom stereocenters. The highest BCUT2D eigenvalue weighted by atomic mass is 31.2. The van der Waals surface area contributed by atoms with Gasteiger partial charge in [0, 0.05) is 13.0 Å². The Hall–Kier alpha value is -2.06. The zero-order valence-electron chi connectivity index (χ0n) is 29.5. The van der Waals surface area contributed by atoms with Crippen molar-refractivity contribution < 1.29 is 28.4 Å². The SMILES string of the molecule is CC/C=C\C/C=C\C/C=C\C/C=C\CCCCC(=O)NC(COP(=O)(O)OCCN)C(O)/C=C/CC/C=C/CCCCCCCCC. The first-order valence-electron chi connectivity index (χ1n) is 18.1. The maximum Gasteiger partial charge on any atom is 0.472 e. The lowest BCUT2D eigenvalue weighted by molar-refractivity contribution is -0.123. The molecule has 0 rings (SSSR count). The van der Waals surface area contributed by atoms with Gasteiger partial charge in [0.25, 0.3) is 0 Å². The van der Waals surface area contributed by atoms with E-state index >= 15 is 0 Å². The number of hydrogen-bond donors (Lipinski definition) is 4. The van der Waals surface area contributed by atoms with Crippen LogP contribution in [0.2, 0.25) is 0 Å². The first kappa shape index (κ1) is 44.9. The third-order valence-corrected chi connectivity index (χ3v) is 8.25. The van der Waals surface area contributed by atoms with E-state index in [1.165, 1.54) is 44.9 Å². The van der Waals surface area contributed by atoms with Crippen molar-refractivity contribution >= 4 is 13.7 Å². The molecule has 0 heterocycles. The number of carbonyl (C=O) groups is 1. The molecule has 0 aromatic carbocycles. The maximum absolute atomic E-state index is 12.7. The minimum atomic E-state index is -4.35. The van der Waals surface area contributed by atoms with E-state index in [1.54, 1.807) is 6.08 Å². The van der Waals surface area contributed by atoms with Crippen LogP contribution in [0.25, 0.3) is 0 Å². The zero-order valence-corrected chi connectivity index (χ0v) is 30.4. The molecule has 3 unspecified atom stereocenters. The predicted octanol–water partition coefficient (Wildman–Crippen LogP) is 9.32. The fourth-order valence-corrected chi connectivity index (χ4v) is 5.31. The van der Waals surface area contributed by atoms with Crippen LogP contribution in [0.4, 0.5) is 0 Å². The van der Waals surface area contributed by atoms with Crippen molar-refractivity contribution in [2.75, 3.05) is 19.8 Å². The molecule has 8 nitrogen and oxygen atoms in total. The second-order valence-electron chi connectivity index (χ2n) is 11.7. The van der Waals surface area contributed by atoms with E-state index in [0.717, 1.165) is 57.8 Å². The number of allylic oxidation sites excluding steroid dienone is 11. The molecular weight excluding hydrogens is 611 g/mol. The van der Waals surface area contributed by atoms with Crippen molar-refractivity contribution in [1.82, 2.24) is 5.32 Å². The summed E-state index contributed by atoms with van der Waals surface area (Å²) in [4.78, 5) is 22.5. The minimum absolute atomic E-state index is 0.0633. The van der Waals surface area contributed by atoms with Gasteiger partial charge in [0.15, 0.2) is 0 Å². The Morgan fingerprint density at radius 3 is 1.89 bits per heavy atom. The average molecular weight is 679 g/mol. The van der Waals surface area contributed by atoms with Gasteiger partial charge in [0.2, 0.25) is 5.91 Å². The van der Waals surface area contributed by atoms with Gasteiger partial charge in [-0.3, -0.25) is 13.8 Å². The molecule has 0 aliphatic carbocycles. The molecular formula is C38H67N2O6P. The first-order valence-corrected chi connectivity index (χ1v) is 19.6. The number of nitrogens with two attached hydrogens (primary N) is 1. The van der Waals surface area contributed by atoms with Crippen molar-refractivity contribution in [1.29, 1.82) is 0 Å². The van der Waals surface area contributed by atoms with Gasteiger partial charge in [0.05, 0.1) is 25.4 Å². The van der Waals surface area contributed by atoms with Crippen molar-refractivity contribution in [3.63, 3.8) is 0 Å². The Kier molecular flexibility index (Phi) is 32.3. The van der Waals surface area contributed by atoms with Gasteiger partial charge < -0.3 is 21.1 Å². The highest BCUT2D eigenvalue weighted by molar-refractivity contribution is 7.47. The quantitative estimate of drug-likeness (QED) is 0.0317. The summed E-state index contributed by atoms with van der Waals surface area (Å²) >= 11 is 0. The van der Waals surface area contributed by atoms with Gasteiger partial charge in [-0.25, -0.2) is 4.57 Å². The maximum atomic E-state index is 12.7. The van der Waals surface area contributed by atoms with Crippen molar-refractivity contribution in [2.45, 2.75) is 142 Å². The topological polar surface area (TPSA) is 131 Å². The largest absolute Gasteiger partial charge is 0.472 e. The third-order valence-electron chi connectivity index (χ3n) is 7.27. The third kappa shape index (κ3) is 32.3. The van der Waals surface area contributed by atoms with E-state index in [1.807, 2.05) is 6.08 Å². The second kappa shape index (κ2) is 33.8. The zero-order chi connectivity index (χ0) is 34.7. The minimum Gasteiger partial charge on any atom is -0.387 e. The predicted molar refractivity (Wildman–Crippen MR) is 198 cm³/mol. The lowest BCUT2D eigenvalue weighted by Gasteiger charge is -2.23. The number of aliphatic hydroxyl groups excluding tert-OH is 1. The number of phosphoric ester groups is 1. The van der Waals surface area contributed by atoms with Crippen LogP contribution in [-0.2, 0) is 18.4 Å². The van der Waals surface area contributed by atoms with E-state index in [2.05, 4.69) is 79.9 Å². The lowest BCUT2D eigenvalue weighted by atomic mass is 10.1. The molecule has 0 aromatic heterocycles. The summed E-state index contributed by atoms with van der Waals surface area (Å²) in [6.45, 7) is 3.91. The number of nitrogens with one attached hydrogen (secondary N) is 1. The standard InChI is InChI=1S/C38H67N2O6P/c1-3-5-7-9-11-13-15-17-18-20-22-24-26-28-30-32-38(42)40-36(35-46-47(43,44)45-34-33-39)37(41)31-29-27-25-23-21-19-16-14-12-10-8-6-4-2/h5,7,11,13,17-18,21-24,29,31,36-37,41H,3-4,6,8-10,12,14-16,19-20,25-28,30,32-35,39H2,1-2H3,(H,40,42)(H,43,44)/b7-5-,13-11-,18-17-,23-21+,24-22-,31-29+. The van der Waals surface area contributed by atoms with Crippen LogP contribution < -0.4 is 11.1 Å². The number of carbonyl (C=O) groups excluding carboxylic acids is 1. The molecule has 1 amide bonds. The van der Waals surface area contributed by atoms with Crippen LogP contribution in [0.5, 0.6) is 0 Å². The molecule has 270 valence electrons. The molecule has 0 saturated carbocycles. The summed E-state index contributed by atoms with van der Waals surface area (Å²) in [6, 6.07) is -0.900. The fraction of sp³-hybridized carbons (Fsp3) is 0.658. The summed E-state index contributed by atoms with van der Waals surface area (Å²) in [5, 5.41) is 13.5. The summed E-state index contributed by atoms with van der Waals surface area (Å²) in [6.07, 6.45) is 42.4. The molecule has 0 saturated heterocycles. The Morgan fingerprint density at radius 1 is 0.723 bits per heavy atom. The molecule has 0 aliphatic rings. The normalized spacial score (nSPS) is 15.3. The molecule has 47 heavy (non-hydrogen) atoms. The van der Waals surface area contributed by atoms with Crippen molar-refractivity contribution in [3.8, 4) is 0 Å². The second-order valence-corrected chi connectivity index (χ2v) is 13.1. The number of hydrogen-bond acceptors (Lipinski definition) is 6. The van der Waals surface area contributed by atoms with E-state index in [-0.39, 0.29) is 32.1 Å².